The lowest BCUT2D eigenvalue weighted by molar-refractivity contribution is -0.106. The summed E-state index contributed by atoms with van der Waals surface area (Å²) >= 11 is 6.50. The summed E-state index contributed by atoms with van der Waals surface area (Å²) in [5, 5.41) is 15.1. The van der Waals surface area contributed by atoms with Crippen molar-refractivity contribution in [1.29, 1.82) is 0 Å². The van der Waals surface area contributed by atoms with Gasteiger partial charge in [-0.25, -0.2) is 4.68 Å². The number of nitrogens with two attached hydrogens (primary N) is 1. The topological polar surface area (TPSA) is 81.1 Å². The Morgan fingerprint density at radius 1 is 1.03 bits per heavy atom. The molecule has 6 heteroatoms. The average molecular weight is 496 g/mol. The maximum absolute atomic E-state index is 9.44. The van der Waals surface area contributed by atoms with Gasteiger partial charge in [0.1, 0.15) is 0 Å². The van der Waals surface area contributed by atoms with Gasteiger partial charge in [-0.05, 0) is 59.9 Å². The van der Waals surface area contributed by atoms with E-state index in [0.29, 0.717) is 5.57 Å². The molecule has 1 aromatic heterocycles. The molecule has 5 rings (SSSR count). The number of aliphatic hydroxyl groups is 1. The number of carbonyl (C=O) groups is 1. The third-order valence-corrected chi connectivity index (χ3v) is 6.54. The zero-order valence-electron chi connectivity index (χ0n) is 19.7. The fourth-order valence-electron chi connectivity index (χ4n) is 4.52. The summed E-state index contributed by atoms with van der Waals surface area (Å²) in [6, 6.07) is 22.4. The predicted molar refractivity (Wildman–Crippen MR) is 148 cm³/mol. The SMILES string of the molecule is C=C/C(=C\O)c1ccc(-n2nc(C=C)c3c2-c2cc(-c4ccccc4Cl)ccc2CC3)cc1.NC=O. The van der Waals surface area contributed by atoms with Crippen molar-refractivity contribution in [2.24, 2.45) is 5.73 Å². The molecule has 0 atom stereocenters. The van der Waals surface area contributed by atoms with Gasteiger partial charge in [0.25, 0.3) is 0 Å². The minimum atomic E-state index is 0.250. The van der Waals surface area contributed by atoms with Crippen molar-refractivity contribution in [3.63, 3.8) is 0 Å². The van der Waals surface area contributed by atoms with Crippen LogP contribution in [-0.4, -0.2) is 21.3 Å². The number of aromatic nitrogens is 2. The second-order valence-electron chi connectivity index (χ2n) is 8.15. The van der Waals surface area contributed by atoms with Crippen LogP contribution in [0.2, 0.25) is 5.02 Å². The van der Waals surface area contributed by atoms with E-state index in [1.807, 2.05) is 59.3 Å². The van der Waals surface area contributed by atoms with Crippen molar-refractivity contribution in [2.45, 2.75) is 12.8 Å². The van der Waals surface area contributed by atoms with Crippen LogP contribution in [0, 0.1) is 0 Å². The van der Waals surface area contributed by atoms with Crippen molar-refractivity contribution >= 4 is 29.7 Å². The van der Waals surface area contributed by atoms with E-state index in [1.54, 1.807) is 6.08 Å². The molecule has 1 heterocycles. The fourth-order valence-corrected chi connectivity index (χ4v) is 4.76. The molecule has 180 valence electrons. The summed E-state index contributed by atoms with van der Waals surface area (Å²) in [6.07, 6.45) is 6.66. The van der Waals surface area contributed by atoms with Crippen LogP contribution in [0.1, 0.15) is 22.4 Å². The normalized spacial score (nSPS) is 12.0. The second-order valence-corrected chi connectivity index (χ2v) is 8.56. The lowest BCUT2D eigenvalue weighted by Crippen LogP contribution is -2.07. The fraction of sp³-hybridized carbons (Fsp3) is 0.0667. The molecule has 0 saturated carbocycles. The van der Waals surface area contributed by atoms with E-state index in [1.165, 1.54) is 16.7 Å². The molecular weight excluding hydrogens is 470 g/mol. The van der Waals surface area contributed by atoms with Crippen LogP contribution in [0.3, 0.4) is 0 Å². The Labute approximate surface area is 215 Å². The van der Waals surface area contributed by atoms with Crippen molar-refractivity contribution in [3.05, 3.63) is 120 Å². The van der Waals surface area contributed by atoms with E-state index in [0.717, 1.165) is 57.9 Å². The van der Waals surface area contributed by atoms with Crippen molar-refractivity contribution in [3.8, 4) is 28.1 Å². The molecule has 0 radical (unpaired) electrons. The molecule has 0 fully saturated rings. The Bertz CT molecular complexity index is 1470. The van der Waals surface area contributed by atoms with Crippen LogP contribution in [-0.2, 0) is 17.6 Å². The number of amides is 1. The number of nitrogens with zero attached hydrogens (tertiary/aromatic N) is 2. The number of allylic oxidation sites excluding steroid dienone is 2. The van der Waals surface area contributed by atoms with E-state index >= 15 is 0 Å². The van der Waals surface area contributed by atoms with E-state index in [-0.39, 0.29) is 6.41 Å². The third kappa shape index (κ3) is 4.61. The Kier molecular flexibility index (Phi) is 7.52. The number of aliphatic hydroxyl groups excluding tert-OH is 1. The highest BCUT2D eigenvalue weighted by Gasteiger charge is 2.25. The predicted octanol–water partition coefficient (Wildman–Crippen LogP) is 6.79. The summed E-state index contributed by atoms with van der Waals surface area (Å²) in [5.41, 5.74) is 14.4. The summed E-state index contributed by atoms with van der Waals surface area (Å²) in [6.45, 7) is 7.76. The first-order valence-electron chi connectivity index (χ1n) is 11.4. The first kappa shape index (κ1) is 24.8. The maximum Gasteiger partial charge on any atom is 0.204 e. The van der Waals surface area contributed by atoms with Gasteiger partial charge in [-0.15, -0.1) is 0 Å². The molecule has 4 aromatic rings. The number of aryl methyl sites for hydroxylation is 1. The molecule has 0 spiro atoms. The Hall–Kier alpha value is -4.35. The molecular formula is C30H26ClN3O2. The van der Waals surface area contributed by atoms with Gasteiger partial charge >= 0.3 is 0 Å². The van der Waals surface area contributed by atoms with Gasteiger partial charge in [-0.3, -0.25) is 4.79 Å². The number of halogens is 1. The van der Waals surface area contributed by atoms with Crippen LogP contribution >= 0.6 is 11.6 Å². The second kappa shape index (κ2) is 10.9. The molecule has 0 unspecified atom stereocenters. The molecule has 1 aliphatic carbocycles. The Balaban J connectivity index is 0.000000967. The number of fused-ring (bicyclic) bond motifs is 3. The lowest BCUT2D eigenvalue weighted by Gasteiger charge is -2.20. The molecule has 0 bridgehead atoms. The van der Waals surface area contributed by atoms with E-state index < -0.39 is 0 Å². The Morgan fingerprint density at radius 3 is 2.39 bits per heavy atom. The third-order valence-electron chi connectivity index (χ3n) is 6.21. The zero-order valence-corrected chi connectivity index (χ0v) is 20.4. The number of primary amides is 1. The maximum atomic E-state index is 9.44. The molecule has 5 nitrogen and oxygen atoms in total. The van der Waals surface area contributed by atoms with Crippen molar-refractivity contribution < 1.29 is 9.90 Å². The minimum absolute atomic E-state index is 0.250. The van der Waals surface area contributed by atoms with Crippen LogP contribution < -0.4 is 5.73 Å². The first-order chi connectivity index (χ1) is 17.6. The molecule has 36 heavy (non-hydrogen) atoms. The molecule has 0 aliphatic heterocycles. The van der Waals surface area contributed by atoms with Crippen LogP contribution in [0.5, 0.6) is 0 Å². The highest BCUT2D eigenvalue weighted by atomic mass is 35.5. The quantitative estimate of drug-likeness (QED) is 0.182. The minimum Gasteiger partial charge on any atom is -0.515 e. The smallest absolute Gasteiger partial charge is 0.204 e. The lowest BCUT2D eigenvalue weighted by atomic mass is 9.86. The van der Waals surface area contributed by atoms with Crippen LogP contribution in [0.25, 0.3) is 39.7 Å². The average Bonchev–Trinajstić information content (AvgIpc) is 3.30. The van der Waals surface area contributed by atoms with Crippen LogP contribution in [0.4, 0.5) is 0 Å². The van der Waals surface area contributed by atoms with Crippen molar-refractivity contribution in [1.82, 2.24) is 9.78 Å². The summed E-state index contributed by atoms with van der Waals surface area (Å²) < 4.78 is 2.00. The van der Waals surface area contributed by atoms with E-state index in [2.05, 4.69) is 37.1 Å². The highest BCUT2D eigenvalue weighted by Crippen LogP contribution is 2.40. The molecule has 3 N–H and O–H groups in total. The Morgan fingerprint density at radius 2 is 1.75 bits per heavy atom. The zero-order chi connectivity index (χ0) is 25.7. The summed E-state index contributed by atoms with van der Waals surface area (Å²) in [4.78, 5) is 8.58. The number of rotatable bonds is 5. The molecule has 1 aliphatic rings. The van der Waals surface area contributed by atoms with E-state index in [9.17, 15) is 5.11 Å². The monoisotopic (exact) mass is 495 g/mol. The van der Waals surface area contributed by atoms with Gasteiger partial charge in [0.15, 0.2) is 0 Å². The number of benzene rings is 3. The van der Waals surface area contributed by atoms with Gasteiger partial charge in [-0.2, -0.15) is 5.10 Å². The van der Waals surface area contributed by atoms with Gasteiger partial charge in [0.2, 0.25) is 6.41 Å². The molecule has 1 amide bonds. The van der Waals surface area contributed by atoms with Crippen LogP contribution in [0.15, 0.2) is 92.2 Å². The van der Waals surface area contributed by atoms with Crippen molar-refractivity contribution in [2.75, 3.05) is 0 Å². The molecule has 3 aromatic carbocycles. The van der Waals surface area contributed by atoms with Gasteiger partial charge in [-0.1, -0.05) is 73.3 Å². The summed E-state index contributed by atoms with van der Waals surface area (Å²) in [7, 11) is 0. The van der Waals surface area contributed by atoms with E-state index in [4.69, 9.17) is 21.5 Å². The largest absolute Gasteiger partial charge is 0.515 e. The first-order valence-corrected chi connectivity index (χ1v) is 11.8. The van der Waals surface area contributed by atoms with Gasteiger partial charge in [0, 0.05) is 27.3 Å². The summed E-state index contributed by atoms with van der Waals surface area (Å²) in [5.74, 6) is 0. The molecule has 0 saturated heterocycles. The number of hydrogen-bond acceptors (Lipinski definition) is 3. The number of hydrogen-bond donors (Lipinski definition) is 2. The van der Waals surface area contributed by atoms with Gasteiger partial charge in [0.05, 0.1) is 23.3 Å². The van der Waals surface area contributed by atoms with Gasteiger partial charge < -0.3 is 10.8 Å². The highest BCUT2D eigenvalue weighted by molar-refractivity contribution is 6.33. The standard InChI is InChI=1S/C29H23ClN2O.CH3NO/c1-3-19(18-33)20-11-14-23(15-12-20)32-29-25(28(4-2)31-32)16-13-21-9-10-22(17-26(21)29)24-7-5-6-8-27(24)30;2-1-3/h3-12,14-15,17-18,33H,1-2,13,16H2;1H,(H2,2,3)/b19-18+;. The number of carbonyl (C=O) groups excluding carboxylic acids is 1.